The summed E-state index contributed by atoms with van der Waals surface area (Å²) in [6.45, 7) is 3.67. The van der Waals surface area contributed by atoms with Gasteiger partial charge in [0, 0.05) is 44.0 Å². The van der Waals surface area contributed by atoms with Gasteiger partial charge in [-0.05, 0) is 37.1 Å². The number of carbonyl (C=O) groups is 1. The molecule has 8 nitrogen and oxygen atoms in total. The van der Waals surface area contributed by atoms with Gasteiger partial charge in [-0.2, -0.15) is 5.26 Å². The number of amides is 1. The number of hydrogen-bond acceptors (Lipinski definition) is 6. The van der Waals surface area contributed by atoms with E-state index in [0.29, 0.717) is 38.2 Å². The number of nitriles is 1. The number of alkyl halides is 3. The van der Waals surface area contributed by atoms with E-state index in [1.165, 1.54) is 23.1 Å². The van der Waals surface area contributed by atoms with E-state index >= 15 is 0 Å². The molecule has 4 rings (SSSR count). The van der Waals surface area contributed by atoms with Crippen LogP contribution in [0.3, 0.4) is 0 Å². The highest BCUT2D eigenvalue weighted by Crippen LogP contribution is 2.27. The Hall–Kier alpha value is -3.75. The van der Waals surface area contributed by atoms with Crippen LogP contribution in [-0.2, 0) is 24.4 Å². The molecule has 0 bridgehead atoms. The van der Waals surface area contributed by atoms with Crippen LogP contribution in [-0.4, -0.2) is 46.0 Å². The summed E-state index contributed by atoms with van der Waals surface area (Å²) in [4.78, 5) is 18.5. The van der Waals surface area contributed by atoms with Crippen LogP contribution < -0.4 is 10.1 Å². The van der Waals surface area contributed by atoms with Crippen LogP contribution in [0.1, 0.15) is 34.6 Å². The quantitative estimate of drug-likeness (QED) is 0.428. The maximum Gasteiger partial charge on any atom is 0.573 e. The Morgan fingerprint density at radius 1 is 1.21 bits per heavy atom. The minimum absolute atomic E-state index is 0. The van der Waals surface area contributed by atoms with Crippen molar-refractivity contribution < 1.29 is 27.4 Å². The fraction of sp³-hybridized carbons (Fsp3) is 0.346. The number of aryl methyl sites for hydroxylation is 1. The number of benzene rings is 2. The maximum absolute atomic E-state index is 12.6. The summed E-state index contributed by atoms with van der Waals surface area (Å²) in [6.07, 6.45) is -2.89. The van der Waals surface area contributed by atoms with Crippen molar-refractivity contribution in [2.45, 2.75) is 45.4 Å². The Morgan fingerprint density at radius 3 is 2.66 bits per heavy atom. The van der Waals surface area contributed by atoms with Gasteiger partial charge in [-0.25, -0.2) is 9.78 Å². The molecule has 202 valence electrons. The van der Waals surface area contributed by atoms with E-state index in [0.717, 1.165) is 17.1 Å². The van der Waals surface area contributed by atoms with Crippen LogP contribution in [0.25, 0.3) is 0 Å². The van der Waals surface area contributed by atoms with Crippen molar-refractivity contribution in [3.8, 4) is 11.8 Å². The first-order valence-corrected chi connectivity index (χ1v) is 11.7. The zero-order valence-corrected chi connectivity index (χ0v) is 21.4. The van der Waals surface area contributed by atoms with E-state index in [2.05, 4.69) is 25.7 Å². The molecule has 12 heteroatoms. The average molecular weight is 550 g/mol. The number of para-hydroxylation sites is 1. The van der Waals surface area contributed by atoms with E-state index in [9.17, 15) is 18.0 Å². The molecule has 0 radical (unpaired) electrons. The molecule has 0 spiro atoms. The molecule has 38 heavy (non-hydrogen) atoms. The van der Waals surface area contributed by atoms with Crippen LogP contribution in [0.2, 0.25) is 0 Å². The fourth-order valence-corrected chi connectivity index (χ4v) is 4.16. The third-order valence-corrected chi connectivity index (χ3v) is 6.13. The molecule has 1 aromatic heterocycles. The van der Waals surface area contributed by atoms with Gasteiger partial charge in [-0.15, -0.1) is 25.6 Å². The third kappa shape index (κ3) is 7.63. The molecule has 0 aliphatic carbocycles. The van der Waals surface area contributed by atoms with E-state index in [1.54, 1.807) is 18.2 Å². The molecule has 1 unspecified atom stereocenters. The van der Waals surface area contributed by atoms with E-state index in [-0.39, 0.29) is 30.6 Å². The van der Waals surface area contributed by atoms with Crippen molar-refractivity contribution in [1.82, 2.24) is 19.8 Å². The zero-order chi connectivity index (χ0) is 26.4. The van der Waals surface area contributed by atoms with Crippen molar-refractivity contribution in [2.75, 3.05) is 13.1 Å². The number of hydrogen-bond donors (Lipinski definition) is 1. The maximum atomic E-state index is 12.6. The Labute approximate surface area is 224 Å². The molecule has 1 fully saturated rings. The number of nitrogens with one attached hydrogen (secondary N) is 1. The predicted molar refractivity (Wildman–Crippen MR) is 135 cm³/mol. The van der Waals surface area contributed by atoms with Gasteiger partial charge in [0.05, 0.1) is 17.3 Å². The molecule has 1 N–H and O–H groups in total. The van der Waals surface area contributed by atoms with Gasteiger partial charge >= 0.3 is 12.5 Å². The smallest absolute Gasteiger partial charge is 0.444 e. The molecule has 1 atom stereocenters. The Bertz CT molecular complexity index is 1270. The first kappa shape index (κ1) is 28.8. The SMILES string of the molecule is Cc1ncc(CNC2CCN(C(=O)OCc3ccccc3OC(F)(F)F)C2)n1Cc1ccc(C#N)cc1.Cl. The summed E-state index contributed by atoms with van der Waals surface area (Å²) in [5, 5.41) is 12.4. The lowest BCUT2D eigenvalue weighted by atomic mass is 10.1. The number of rotatable bonds is 8. The number of aromatic nitrogens is 2. The summed E-state index contributed by atoms with van der Waals surface area (Å²) in [5.41, 5.74) is 2.78. The van der Waals surface area contributed by atoms with Crippen LogP contribution in [0, 0.1) is 18.3 Å². The average Bonchev–Trinajstić information content (AvgIpc) is 3.48. The lowest BCUT2D eigenvalue weighted by Gasteiger charge is -2.18. The number of imidazole rings is 1. The Balaban J connectivity index is 0.00000400. The normalized spacial score (nSPS) is 15.0. The van der Waals surface area contributed by atoms with Gasteiger partial charge in [-0.3, -0.25) is 0 Å². The summed E-state index contributed by atoms with van der Waals surface area (Å²) in [5.74, 6) is 0.476. The zero-order valence-electron chi connectivity index (χ0n) is 20.6. The Morgan fingerprint density at radius 2 is 1.95 bits per heavy atom. The van der Waals surface area contributed by atoms with Crippen LogP contribution in [0.5, 0.6) is 5.75 Å². The van der Waals surface area contributed by atoms with E-state index < -0.39 is 18.2 Å². The van der Waals surface area contributed by atoms with Gasteiger partial charge in [0.2, 0.25) is 0 Å². The lowest BCUT2D eigenvalue weighted by molar-refractivity contribution is -0.275. The highest BCUT2D eigenvalue weighted by atomic mass is 35.5. The molecular weight excluding hydrogens is 523 g/mol. The van der Waals surface area contributed by atoms with Crippen LogP contribution >= 0.6 is 12.4 Å². The topological polar surface area (TPSA) is 92.4 Å². The summed E-state index contributed by atoms with van der Waals surface area (Å²) < 4.78 is 49.2. The van der Waals surface area contributed by atoms with Crippen molar-refractivity contribution >= 4 is 18.5 Å². The number of ether oxygens (including phenoxy) is 2. The Kier molecular flexibility index (Phi) is 9.61. The van der Waals surface area contributed by atoms with Crippen molar-refractivity contribution in [3.63, 3.8) is 0 Å². The minimum Gasteiger partial charge on any atom is -0.444 e. The predicted octanol–water partition coefficient (Wildman–Crippen LogP) is 4.93. The minimum atomic E-state index is -4.83. The van der Waals surface area contributed by atoms with Crippen LogP contribution in [0.15, 0.2) is 54.7 Å². The van der Waals surface area contributed by atoms with Gasteiger partial charge in [0.1, 0.15) is 18.2 Å². The third-order valence-electron chi connectivity index (χ3n) is 6.13. The summed E-state index contributed by atoms with van der Waals surface area (Å²) in [6, 6.07) is 15.1. The first-order valence-electron chi connectivity index (χ1n) is 11.7. The first-order chi connectivity index (χ1) is 17.7. The summed E-state index contributed by atoms with van der Waals surface area (Å²) >= 11 is 0. The van der Waals surface area contributed by atoms with Gasteiger partial charge in [-0.1, -0.05) is 30.3 Å². The van der Waals surface area contributed by atoms with Crippen LogP contribution in [0.4, 0.5) is 18.0 Å². The lowest BCUT2D eigenvalue weighted by Crippen LogP contribution is -2.35. The van der Waals surface area contributed by atoms with Crippen molar-refractivity contribution in [3.05, 3.63) is 82.9 Å². The fourth-order valence-electron chi connectivity index (χ4n) is 4.16. The number of likely N-dealkylation sites (tertiary alicyclic amines) is 1. The molecule has 1 aliphatic rings. The molecule has 2 aromatic carbocycles. The second kappa shape index (κ2) is 12.7. The largest absolute Gasteiger partial charge is 0.573 e. The van der Waals surface area contributed by atoms with E-state index in [4.69, 9.17) is 10.00 Å². The summed E-state index contributed by atoms with van der Waals surface area (Å²) in [7, 11) is 0. The van der Waals surface area contributed by atoms with Gasteiger partial charge in [0.25, 0.3) is 0 Å². The number of halogens is 4. The molecule has 0 saturated carbocycles. The molecular formula is C26H27ClF3N5O3. The molecule has 1 amide bonds. The standard InChI is InChI=1S/C26H26F3N5O3.ClH/c1-18-31-13-23(34(18)15-20-8-6-19(12-30)7-9-20)14-32-22-10-11-33(16-22)25(35)36-17-21-4-2-3-5-24(21)37-26(27,28)29;/h2-9,13,22,32H,10-11,14-17H2,1H3;1H. The highest BCUT2D eigenvalue weighted by molar-refractivity contribution is 5.85. The van der Waals surface area contributed by atoms with Gasteiger partial charge < -0.3 is 24.3 Å². The second-order valence-corrected chi connectivity index (χ2v) is 8.71. The second-order valence-electron chi connectivity index (χ2n) is 8.71. The number of nitrogens with zero attached hydrogens (tertiary/aromatic N) is 4. The van der Waals surface area contributed by atoms with Crippen molar-refractivity contribution in [2.24, 2.45) is 0 Å². The van der Waals surface area contributed by atoms with Gasteiger partial charge in [0.15, 0.2) is 0 Å². The molecule has 1 saturated heterocycles. The number of carbonyl (C=O) groups excluding carboxylic acids is 1. The molecule has 3 aromatic rings. The highest BCUT2D eigenvalue weighted by Gasteiger charge is 2.32. The van der Waals surface area contributed by atoms with Crippen molar-refractivity contribution in [1.29, 1.82) is 5.26 Å². The van der Waals surface area contributed by atoms with E-state index in [1.807, 2.05) is 25.3 Å². The molecule has 2 heterocycles. The monoisotopic (exact) mass is 549 g/mol. The molecule has 1 aliphatic heterocycles.